The van der Waals surface area contributed by atoms with Gasteiger partial charge in [0.1, 0.15) is 5.82 Å². The molecule has 0 aliphatic rings. The Morgan fingerprint density at radius 1 is 1.17 bits per heavy atom. The molecule has 0 aliphatic carbocycles. The van der Waals surface area contributed by atoms with Crippen molar-refractivity contribution in [2.75, 3.05) is 5.32 Å². The summed E-state index contributed by atoms with van der Waals surface area (Å²) in [7, 11) is 0. The number of nitrogens with zero attached hydrogens (tertiary/aromatic N) is 4. The van der Waals surface area contributed by atoms with Crippen LogP contribution in [0.5, 0.6) is 0 Å². The predicted octanol–water partition coefficient (Wildman–Crippen LogP) is 3.04. The summed E-state index contributed by atoms with van der Waals surface area (Å²) in [5, 5.41) is 15.0. The van der Waals surface area contributed by atoms with Crippen molar-refractivity contribution in [3.8, 4) is 11.3 Å². The zero-order valence-corrected chi connectivity index (χ0v) is 12.7. The van der Waals surface area contributed by atoms with Gasteiger partial charge in [0.25, 0.3) is 0 Å². The first-order chi connectivity index (χ1) is 11.3. The van der Waals surface area contributed by atoms with E-state index < -0.39 is 0 Å². The maximum Gasteiger partial charge on any atom is 0.157 e. The highest BCUT2D eigenvalue weighted by atomic mass is 15.3. The smallest absolute Gasteiger partial charge is 0.157 e. The summed E-state index contributed by atoms with van der Waals surface area (Å²) in [4.78, 5) is 4.45. The van der Waals surface area contributed by atoms with Crippen molar-refractivity contribution < 1.29 is 0 Å². The lowest BCUT2D eigenvalue weighted by Crippen LogP contribution is -2.06. The Bertz CT molecular complexity index is 938. The van der Waals surface area contributed by atoms with E-state index in [1.54, 1.807) is 10.7 Å². The number of fused-ring (bicyclic) bond motifs is 1. The third kappa shape index (κ3) is 2.55. The maximum absolute atomic E-state index is 4.45. The van der Waals surface area contributed by atoms with Crippen LogP contribution >= 0.6 is 0 Å². The summed E-state index contributed by atoms with van der Waals surface area (Å²) in [5.41, 5.74) is 5.04. The average Bonchev–Trinajstić information content (AvgIpc) is 3.22. The average molecular weight is 304 g/mol. The van der Waals surface area contributed by atoms with Gasteiger partial charge in [-0.25, -0.2) is 4.98 Å². The largest absolute Gasteiger partial charge is 0.366 e. The minimum Gasteiger partial charge on any atom is -0.366 e. The summed E-state index contributed by atoms with van der Waals surface area (Å²) < 4.78 is 1.80. The monoisotopic (exact) mass is 304 g/mol. The fourth-order valence-electron chi connectivity index (χ4n) is 2.65. The molecule has 3 heterocycles. The molecule has 0 spiro atoms. The van der Waals surface area contributed by atoms with E-state index in [4.69, 9.17) is 0 Å². The number of aromatic nitrogens is 5. The molecule has 23 heavy (non-hydrogen) atoms. The molecule has 2 N–H and O–H groups in total. The van der Waals surface area contributed by atoms with Crippen LogP contribution in [0.1, 0.15) is 11.3 Å². The Hall–Kier alpha value is -3.15. The van der Waals surface area contributed by atoms with Crippen LogP contribution < -0.4 is 5.32 Å². The molecule has 1 aromatic carbocycles. The highest BCUT2D eigenvalue weighted by molar-refractivity contribution is 5.63. The minimum absolute atomic E-state index is 0.652. The molecule has 6 heteroatoms. The zero-order chi connectivity index (χ0) is 15.6. The van der Waals surface area contributed by atoms with E-state index in [1.807, 2.05) is 43.5 Å². The van der Waals surface area contributed by atoms with Gasteiger partial charge in [-0.3, -0.25) is 5.10 Å². The van der Waals surface area contributed by atoms with Gasteiger partial charge < -0.3 is 5.32 Å². The van der Waals surface area contributed by atoms with E-state index >= 15 is 0 Å². The van der Waals surface area contributed by atoms with Crippen molar-refractivity contribution in [2.24, 2.45) is 0 Å². The van der Waals surface area contributed by atoms with Gasteiger partial charge in [0.2, 0.25) is 0 Å². The van der Waals surface area contributed by atoms with Crippen LogP contribution in [0.3, 0.4) is 0 Å². The van der Waals surface area contributed by atoms with E-state index in [0.29, 0.717) is 6.54 Å². The second-order valence-corrected chi connectivity index (χ2v) is 5.37. The quantitative estimate of drug-likeness (QED) is 0.608. The van der Waals surface area contributed by atoms with Crippen LogP contribution in [0, 0.1) is 6.92 Å². The molecule has 0 saturated heterocycles. The van der Waals surface area contributed by atoms with Gasteiger partial charge in [-0.2, -0.15) is 14.7 Å². The third-order valence-electron chi connectivity index (χ3n) is 3.73. The number of aromatic amines is 1. The molecule has 0 radical (unpaired) electrons. The topological polar surface area (TPSA) is 70.9 Å². The fourth-order valence-corrected chi connectivity index (χ4v) is 2.65. The Morgan fingerprint density at radius 2 is 2.04 bits per heavy atom. The van der Waals surface area contributed by atoms with Crippen molar-refractivity contribution >= 4 is 11.5 Å². The van der Waals surface area contributed by atoms with Crippen LogP contribution in [0.2, 0.25) is 0 Å². The second kappa shape index (κ2) is 5.57. The molecule has 114 valence electrons. The van der Waals surface area contributed by atoms with Gasteiger partial charge in [0, 0.05) is 29.9 Å². The lowest BCUT2D eigenvalue weighted by molar-refractivity contribution is 0.917. The first kappa shape index (κ1) is 13.5. The summed E-state index contributed by atoms with van der Waals surface area (Å²) in [6.45, 7) is 2.63. The molecular weight excluding hydrogens is 288 g/mol. The summed E-state index contributed by atoms with van der Waals surface area (Å²) in [6.07, 6.45) is 3.60. The van der Waals surface area contributed by atoms with Gasteiger partial charge in [-0.15, -0.1) is 0 Å². The first-order valence-corrected chi connectivity index (χ1v) is 7.44. The molecule has 0 atom stereocenters. The highest BCUT2D eigenvalue weighted by Gasteiger charge is 2.09. The first-order valence-electron chi connectivity index (χ1n) is 7.44. The standard InChI is InChI=1S/C17H16N6/c1-12-9-16(23-15(21-12)7-8-20-23)18-10-14-11-19-22-17(14)13-5-3-2-4-6-13/h2-9,11,18H,10H2,1H3,(H,19,22). The normalized spacial score (nSPS) is 11.0. The highest BCUT2D eigenvalue weighted by Crippen LogP contribution is 2.22. The Morgan fingerprint density at radius 3 is 2.91 bits per heavy atom. The zero-order valence-electron chi connectivity index (χ0n) is 12.7. The Kier molecular flexibility index (Phi) is 3.27. The number of H-pyrrole nitrogens is 1. The molecule has 4 rings (SSSR count). The molecule has 0 amide bonds. The Labute approximate surface area is 133 Å². The summed E-state index contributed by atoms with van der Waals surface area (Å²) in [5.74, 6) is 0.915. The molecular formula is C17H16N6. The number of aryl methyl sites for hydroxylation is 1. The van der Waals surface area contributed by atoms with Crippen molar-refractivity contribution in [1.29, 1.82) is 0 Å². The molecule has 4 aromatic rings. The van der Waals surface area contributed by atoms with Gasteiger partial charge in [0.15, 0.2) is 5.65 Å². The number of hydrogen-bond acceptors (Lipinski definition) is 4. The lowest BCUT2D eigenvalue weighted by atomic mass is 10.1. The number of nitrogens with one attached hydrogen (secondary N) is 2. The van der Waals surface area contributed by atoms with Crippen LogP contribution in [0.25, 0.3) is 16.9 Å². The SMILES string of the molecule is Cc1cc(NCc2cn[nH]c2-c2ccccc2)n2nccc2n1. The van der Waals surface area contributed by atoms with E-state index in [2.05, 4.69) is 37.7 Å². The van der Waals surface area contributed by atoms with Gasteiger partial charge in [0.05, 0.1) is 18.1 Å². The molecule has 0 saturated carbocycles. The van der Waals surface area contributed by atoms with Gasteiger partial charge in [-0.1, -0.05) is 30.3 Å². The van der Waals surface area contributed by atoms with Crippen LogP contribution in [0.4, 0.5) is 5.82 Å². The Balaban J connectivity index is 1.63. The van der Waals surface area contributed by atoms with E-state index in [1.165, 1.54) is 0 Å². The van der Waals surface area contributed by atoms with Crippen LogP contribution in [-0.2, 0) is 6.54 Å². The molecule has 0 aliphatic heterocycles. The third-order valence-corrected chi connectivity index (χ3v) is 3.73. The molecule has 0 fully saturated rings. The number of anilines is 1. The van der Waals surface area contributed by atoms with E-state index in [0.717, 1.165) is 34.0 Å². The lowest BCUT2D eigenvalue weighted by Gasteiger charge is -2.09. The molecule has 0 bridgehead atoms. The predicted molar refractivity (Wildman–Crippen MR) is 89.1 cm³/mol. The summed E-state index contributed by atoms with van der Waals surface area (Å²) >= 11 is 0. The van der Waals surface area contributed by atoms with Crippen molar-refractivity contribution in [3.05, 3.63) is 66.1 Å². The molecule has 6 nitrogen and oxygen atoms in total. The van der Waals surface area contributed by atoms with Crippen molar-refractivity contribution in [2.45, 2.75) is 13.5 Å². The summed E-state index contributed by atoms with van der Waals surface area (Å²) in [6, 6.07) is 14.1. The fraction of sp³-hybridized carbons (Fsp3) is 0.118. The molecule has 0 unspecified atom stereocenters. The van der Waals surface area contributed by atoms with Crippen molar-refractivity contribution in [1.82, 2.24) is 24.8 Å². The van der Waals surface area contributed by atoms with Crippen molar-refractivity contribution in [3.63, 3.8) is 0 Å². The molecule has 3 aromatic heterocycles. The van der Waals surface area contributed by atoms with Gasteiger partial charge >= 0.3 is 0 Å². The van der Waals surface area contributed by atoms with Gasteiger partial charge in [-0.05, 0) is 12.5 Å². The maximum atomic E-state index is 4.45. The van der Waals surface area contributed by atoms with E-state index in [9.17, 15) is 0 Å². The minimum atomic E-state index is 0.652. The number of benzene rings is 1. The van der Waals surface area contributed by atoms with Crippen LogP contribution in [-0.4, -0.2) is 24.8 Å². The van der Waals surface area contributed by atoms with E-state index in [-0.39, 0.29) is 0 Å². The second-order valence-electron chi connectivity index (χ2n) is 5.37. The number of hydrogen-bond donors (Lipinski definition) is 2. The number of rotatable bonds is 4. The van der Waals surface area contributed by atoms with Crippen LogP contribution in [0.15, 0.2) is 54.9 Å².